The number of rotatable bonds is 7. The first kappa shape index (κ1) is 15.2. The van der Waals surface area contributed by atoms with Gasteiger partial charge in [-0.2, -0.15) is 0 Å². The van der Waals surface area contributed by atoms with Crippen molar-refractivity contribution in [2.24, 2.45) is 11.8 Å². The summed E-state index contributed by atoms with van der Waals surface area (Å²) in [7, 11) is 2.10. The maximum Gasteiger partial charge on any atom is 0.225 e. The summed E-state index contributed by atoms with van der Waals surface area (Å²) in [5.41, 5.74) is 2.29. The number of hydrogen-bond acceptors (Lipinski definition) is 4. The predicted molar refractivity (Wildman–Crippen MR) is 83.9 cm³/mol. The Morgan fingerprint density at radius 1 is 1.40 bits per heavy atom. The third-order valence-electron chi connectivity index (χ3n) is 4.03. The SMILES string of the molecule is Cc1nc(N(C)CC2CCC2)ncc1CNCC(C)C. The van der Waals surface area contributed by atoms with Gasteiger partial charge >= 0.3 is 0 Å². The summed E-state index contributed by atoms with van der Waals surface area (Å²) in [5, 5.41) is 3.45. The van der Waals surface area contributed by atoms with E-state index in [1.54, 1.807) is 0 Å². The van der Waals surface area contributed by atoms with E-state index in [9.17, 15) is 0 Å². The van der Waals surface area contributed by atoms with Crippen LogP contribution in [0, 0.1) is 18.8 Å². The molecule has 0 amide bonds. The molecule has 1 aliphatic rings. The van der Waals surface area contributed by atoms with Gasteiger partial charge in [0.2, 0.25) is 5.95 Å². The molecule has 1 aromatic heterocycles. The van der Waals surface area contributed by atoms with Gasteiger partial charge in [-0.3, -0.25) is 0 Å². The van der Waals surface area contributed by atoms with Crippen molar-refractivity contribution < 1.29 is 0 Å². The lowest BCUT2D eigenvalue weighted by atomic mass is 9.85. The lowest BCUT2D eigenvalue weighted by Crippen LogP contribution is -2.30. The van der Waals surface area contributed by atoms with Crippen LogP contribution in [0.4, 0.5) is 5.95 Å². The van der Waals surface area contributed by atoms with Crippen LogP contribution in [-0.4, -0.2) is 30.1 Å². The largest absolute Gasteiger partial charge is 0.344 e. The fourth-order valence-corrected chi connectivity index (χ4v) is 2.48. The molecule has 1 N–H and O–H groups in total. The number of nitrogens with one attached hydrogen (secondary N) is 1. The summed E-state index contributed by atoms with van der Waals surface area (Å²) in [6.07, 6.45) is 6.09. The Morgan fingerprint density at radius 3 is 2.70 bits per heavy atom. The van der Waals surface area contributed by atoms with Crippen LogP contribution in [-0.2, 0) is 6.54 Å². The van der Waals surface area contributed by atoms with Gasteiger partial charge in [0, 0.05) is 37.6 Å². The van der Waals surface area contributed by atoms with Crippen molar-refractivity contribution in [1.29, 1.82) is 0 Å². The van der Waals surface area contributed by atoms with E-state index in [4.69, 9.17) is 0 Å². The van der Waals surface area contributed by atoms with Gasteiger partial charge in [-0.15, -0.1) is 0 Å². The molecule has 112 valence electrons. The summed E-state index contributed by atoms with van der Waals surface area (Å²) in [6.45, 7) is 9.49. The van der Waals surface area contributed by atoms with Gasteiger partial charge in [-0.25, -0.2) is 9.97 Å². The topological polar surface area (TPSA) is 41.1 Å². The quantitative estimate of drug-likeness (QED) is 0.831. The van der Waals surface area contributed by atoms with Gasteiger partial charge in [0.15, 0.2) is 0 Å². The smallest absolute Gasteiger partial charge is 0.225 e. The lowest BCUT2D eigenvalue weighted by molar-refractivity contribution is 0.320. The molecule has 1 aromatic rings. The second-order valence-corrected chi connectivity index (χ2v) is 6.48. The Morgan fingerprint density at radius 2 is 2.15 bits per heavy atom. The summed E-state index contributed by atoms with van der Waals surface area (Å²) < 4.78 is 0. The standard InChI is InChI=1S/C16H28N4/c1-12(2)8-17-9-15-10-18-16(19-13(15)3)20(4)11-14-6-5-7-14/h10,12,14,17H,5-9,11H2,1-4H3. The average Bonchev–Trinajstić information content (AvgIpc) is 2.35. The van der Waals surface area contributed by atoms with E-state index >= 15 is 0 Å². The molecule has 0 unspecified atom stereocenters. The minimum absolute atomic E-state index is 0.670. The molecule has 1 saturated carbocycles. The number of anilines is 1. The Bertz CT molecular complexity index is 426. The minimum Gasteiger partial charge on any atom is -0.344 e. The third kappa shape index (κ3) is 4.17. The van der Waals surface area contributed by atoms with Crippen molar-refractivity contribution in [2.45, 2.75) is 46.6 Å². The molecule has 4 nitrogen and oxygen atoms in total. The Hall–Kier alpha value is -1.16. The molecule has 0 spiro atoms. The van der Waals surface area contributed by atoms with E-state index < -0.39 is 0 Å². The molecule has 0 saturated heterocycles. The first-order valence-electron chi connectivity index (χ1n) is 7.80. The summed E-state index contributed by atoms with van der Waals surface area (Å²) >= 11 is 0. The zero-order valence-corrected chi connectivity index (χ0v) is 13.3. The van der Waals surface area contributed by atoms with Crippen LogP contribution in [0.15, 0.2) is 6.20 Å². The predicted octanol–water partition coefficient (Wildman–Crippen LogP) is 2.77. The van der Waals surface area contributed by atoms with E-state index in [0.29, 0.717) is 5.92 Å². The van der Waals surface area contributed by atoms with Crippen LogP contribution in [0.1, 0.15) is 44.4 Å². The first-order chi connectivity index (χ1) is 9.56. The van der Waals surface area contributed by atoms with Crippen LogP contribution in [0.25, 0.3) is 0 Å². The molecule has 0 aromatic carbocycles. The highest BCUT2D eigenvalue weighted by Crippen LogP contribution is 2.27. The van der Waals surface area contributed by atoms with Gasteiger partial charge in [0.05, 0.1) is 0 Å². The molecule has 2 rings (SSSR count). The molecular weight excluding hydrogens is 248 g/mol. The van der Waals surface area contributed by atoms with Gasteiger partial charge in [0.1, 0.15) is 0 Å². The van der Waals surface area contributed by atoms with Crippen molar-refractivity contribution in [1.82, 2.24) is 15.3 Å². The first-order valence-corrected chi connectivity index (χ1v) is 7.80. The van der Waals surface area contributed by atoms with Gasteiger partial charge < -0.3 is 10.2 Å². The van der Waals surface area contributed by atoms with Gasteiger partial charge in [-0.05, 0) is 38.1 Å². The maximum atomic E-state index is 4.66. The molecule has 1 aliphatic carbocycles. The highest BCUT2D eigenvalue weighted by Gasteiger charge is 2.20. The van der Waals surface area contributed by atoms with Crippen LogP contribution in [0.5, 0.6) is 0 Å². The number of nitrogens with zero attached hydrogens (tertiary/aromatic N) is 3. The summed E-state index contributed by atoms with van der Waals surface area (Å²) in [4.78, 5) is 11.4. The summed E-state index contributed by atoms with van der Waals surface area (Å²) in [6, 6.07) is 0. The van der Waals surface area contributed by atoms with Crippen molar-refractivity contribution in [2.75, 3.05) is 25.0 Å². The number of aromatic nitrogens is 2. The number of aryl methyl sites for hydroxylation is 1. The van der Waals surface area contributed by atoms with Crippen LogP contribution in [0.3, 0.4) is 0 Å². The fraction of sp³-hybridized carbons (Fsp3) is 0.750. The van der Waals surface area contributed by atoms with Crippen molar-refractivity contribution in [3.05, 3.63) is 17.5 Å². The molecule has 0 aliphatic heterocycles. The molecule has 4 heteroatoms. The second-order valence-electron chi connectivity index (χ2n) is 6.48. The van der Waals surface area contributed by atoms with E-state index in [1.165, 1.54) is 24.8 Å². The number of hydrogen-bond donors (Lipinski definition) is 1. The van der Waals surface area contributed by atoms with Crippen LogP contribution >= 0.6 is 0 Å². The molecular formula is C16H28N4. The maximum absolute atomic E-state index is 4.66. The van der Waals surface area contributed by atoms with Gasteiger partial charge in [0.25, 0.3) is 0 Å². The van der Waals surface area contributed by atoms with E-state index in [0.717, 1.165) is 37.2 Å². The van der Waals surface area contributed by atoms with Crippen LogP contribution in [0.2, 0.25) is 0 Å². The minimum atomic E-state index is 0.670. The van der Waals surface area contributed by atoms with Crippen LogP contribution < -0.4 is 10.2 Å². The monoisotopic (exact) mass is 276 g/mol. The van der Waals surface area contributed by atoms with E-state index in [2.05, 4.69) is 48.0 Å². The molecule has 0 bridgehead atoms. The lowest BCUT2D eigenvalue weighted by Gasteiger charge is -2.30. The molecule has 20 heavy (non-hydrogen) atoms. The van der Waals surface area contributed by atoms with Crippen molar-refractivity contribution in [3.8, 4) is 0 Å². The average molecular weight is 276 g/mol. The Kier molecular flexibility index (Phi) is 5.35. The van der Waals surface area contributed by atoms with E-state index in [-0.39, 0.29) is 0 Å². The second kappa shape index (κ2) is 7.02. The molecule has 1 fully saturated rings. The third-order valence-corrected chi connectivity index (χ3v) is 4.03. The van der Waals surface area contributed by atoms with Crippen molar-refractivity contribution in [3.63, 3.8) is 0 Å². The normalized spacial score (nSPS) is 15.4. The van der Waals surface area contributed by atoms with Crippen molar-refractivity contribution >= 4 is 5.95 Å². The molecule has 0 atom stereocenters. The fourth-order valence-electron chi connectivity index (χ4n) is 2.48. The van der Waals surface area contributed by atoms with Gasteiger partial charge in [-0.1, -0.05) is 20.3 Å². The zero-order valence-electron chi connectivity index (χ0n) is 13.3. The highest BCUT2D eigenvalue weighted by molar-refractivity contribution is 5.32. The Balaban J connectivity index is 1.90. The van der Waals surface area contributed by atoms with E-state index in [1.807, 2.05) is 6.20 Å². The zero-order chi connectivity index (χ0) is 14.5. The summed E-state index contributed by atoms with van der Waals surface area (Å²) in [5.74, 6) is 2.38. The highest BCUT2D eigenvalue weighted by atomic mass is 15.2. The molecule has 1 heterocycles. The molecule has 0 radical (unpaired) electrons. The Labute approximate surface area is 123 Å².